The molecule has 2 aromatic rings. The molecule has 0 spiro atoms. The Hall–Kier alpha value is -2.69. The van der Waals surface area contributed by atoms with Crippen LogP contribution in [-0.4, -0.2) is 61.3 Å². The van der Waals surface area contributed by atoms with Gasteiger partial charge in [-0.2, -0.15) is 0 Å². The lowest BCUT2D eigenvalue weighted by atomic mass is 10.3. The summed E-state index contributed by atoms with van der Waals surface area (Å²) in [5.74, 6) is -0.736. The van der Waals surface area contributed by atoms with Crippen molar-refractivity contribution in [1.82, 2.24) is 15.2 Å². The first-order chi connectivity index (χ1) is 15.9. The smallest absolute Gasteiger partial charge is 0.322 e. The summed E-state index contributed by atoms with van der Waals surface area (Å²) in [7, 11) is 0. The molecule has 0 unspecified atom stereocenters. The maximum absolute atomic E-state index is 13.4. The van der Waals surface area contributed by atoms with Crippen molar-refractivity contribution < 1.29 is 27.9 Å². The van der Waals surface area contributed by atoms with E-state index in [0.717, 1.165) is 0 Å². The SMILES string of the molecule is CCOCCCNC(=O)c1coc(CN(CCCOCC)C(=O)Nc2ccc(F)c(Cl)c2)n1. The molecule has 0 saturated heterocycles. The third kappa shape index (κ3) is 9.37. The second-order valence-electron chi connectivity index (χ2n) is 6.96. The average molecular weight is 485 g/mol. The highest BCUT2D eigenvalue weighted by atomic mass is 35.5. The molecule has 33 heavy (non-hydrogen) atoms. The minimum Gasteiger partial charge on any atom is -0.446 e. The molecule has 0 radical (unpaired) electrons. The van der Waals surface area contributed by atoms with E-state index in [1.54, 1.807) is 0 Å². The predicted octanol–water partition coefficient (Wildman–Crippen LogP) is 4.08. The van der Waals surface area contributed by atoms with Crippen LogP contribution in [0.3, 0.4) is 0 Å². The molecule has 9 nitrogen and oxygen atoms in total. The van der Waals surface area contributed by atoms with Gasteiger partial charge in [-0.1, -0.05) is 11.6 Å². The van der Waals surface area contributed by atoms with Crippen molar-refractivity contribution in [3.05, 3.63) is 46.9 Å². The summed E-state index contributed by atoms with van der Waals surface area (Å²) in [6.45, 7) is 6.87. The number of hydrogen-bond donors (Lipinski definition) is 2. The first-order valence-corrected chi connectivity index (χ1v) is 11.2. The van der Waals surface area contributed by atoms with Gasteiger partial charge >= 0.3 is 6.03 Å². The zero-order valence-corrected chi connectivity index (χ0v) is 19.6. The molecule has 0 aliphatic rings. The standard InChI is InChI=1S/C22H30ClFN4O5/c1-3-31-11-5-9-25-21(29)19-15-33-20(27-19)14-28(10-6-12-32-4-2)22(30)26-16-7-8-18(24)17(23)13-16/h7-8,13,15H,3-6,9-12,14H2,1-2H3,(H,25,29)(H,26,30). The number of oxazole rings is 1. The van der Waals surface area contributed by atoms with E-state index in [1.807, 2.05) is 13.8 Å². The molecular formula is C22H30ClFN4O5. The van der Waals surface area contributed by atoms with Gasteiger partial charge < -0.3 is 29.4 Å². The zero-order valence-electron chi connectivity index (χ0n) is 18.9. The molecule has 0 saturated carbocycles. The van der Waals surface area contributed by atoms with Gasteiger partial charge in [-0.25, -0.2) is 14.2 Å². The van der Waals surface area contributed by atoms with Gasteiger partial charge in [0.25, 0.3) is 5.91 Å². The van der Waals surface area contributed by atoms with Crippen LogP contribution in [0.25, 0.3) is 0 Å². The quantitative estimate of drug-likeness (QED) is 0.391. The summed E-state index contributed by atoms with van der Waals surface area (Å²) >= 11 is 5.79. The van der Waals surface area contributed by atoms with Crippen molar-refractivity contribution in [2.24, 2.45) is 0 Å². The van der Waals surface area contributed by atoms with Crippen molar-refractivity contribution in [1.29, 1.82) is 0 Å². The lowest BCUT2D eigenvalue weighted by molar-refractivity contribution is 0.0939. The van der Waals surface area contributed by atoms with E-state index < -0.39 is 11.8 Å². The third-order valence-electron chi connectivity index (χ3n) is 4.44. The Bertz CT molecular complexity index is 895. The van der Waals surface area contributed by atoms with Crippen molar-refractivity contribution in [2.45, 2.75) is 33.2 Å². The molecule has 0 atom stereocenters. The Labute approximate surface area is 197 Å². The van der Waals surface area contributed by atoms with Crippen molar-refractivity contribution in [3.8, 4) is 0 Å². The van der Waals surface area contributed by atoms with Gasteiger partial charge in [0.2, 0.25) is 5.89 Å². The van der Waals surface area contributed by atoms with E-state index in [2.05, 4.69) is 15.6 Å². The van der Waals surface area contributed by atoms with Gasteiger partial charge in [0.05, 0.1) is 11.6 Å². The van der Waals surface area contributed by atoms with Crippen LogP contribution >= 0.6 is 11.6 Å². The largest absolute Gasteiger partial charge is 0.446 e. The Morgan fingerprint density at radius 2 is 1.91 bits per heavy atom. The van der Waals surface area contributed by atoms with Crippen LogP contribution in [-0.2, 0) is 16.0 Å². The van der Waals surface area contributed by atoms with Crippen molar-refractivity contribution >= 4 is 29.2 Å². The van der Waals surface area contributed by atoms with E-state index in [9.17, 15) is 14.0 Å². The molecule has 182 valence electrons. The van der Waals surface area contributed by atoms with Gasteiger partial charge in [-0.05, 0) is 44.9 Å². The monoisotopic (exact) mass is 484 g/mol. The lowest BCUT2D eigenvalue weighted by Gasteiger charge is -2.21. The second kappa shape index (κ2) is 14.5. The van der Waals surface area contributed by atoms with Crippen LogP contribution in [0.4, 0.5) is 14.9 Å². The fourth-order valence-electron chi connectivity index (χ4n) is 2.79. The molecule has 11 heteroatoms. The number of carbonyl (C=O) groups is 2. The van der Waals surface area contributed by atoms with Gasteiger partial charge in [-0.3, -0.25) is 4.79 Å². The molecule has 2 rings (SSSR count). The number of amides is 3. The molecule has 0 bridgehead atoms. The van der Waals surface area contributed by atoms with E-state index in [4.69, 9.17) is 25.5 Å². The average Bonchev–Trinajstić information content (AvgIpc) is 3.27. The van der Waals surface area contributed by atoms with Gasteiger partial charge in [0.1, 0.15) is 12.1 Å². The summed E-state index contributed by atoms with van der Waals surface area (Å²) in [5, 5.41) is 5.33. The number of hydrogen-bond acceptors (Lipinski definition) is 6. The Balaban J connectivity index is 1.98. The van der Waals surface area contributed by atoms with Crippen molar-refractivity contribution in [3.63, 3.8) is 0 Å². The highest BCUT2D eigenvalue weighted by molar-refractivity contribution is 6.31. The molecule has 1 aromatic heterocycles. The Kier molecular flexibility index (Phi) is 11.6. The fourth-order valence-corrected chi connectivity index (χ4v) is 2.97. The van der Waals surface area contributed by atoms with E-state index in [0.29, 0.717) is 58.0 Å². The minimum absolute atomic E-state index is 0.0322. The van der Waals surface area contributed by atoms with Gasteiger partial charge in [0.15, 0.2) is 5.69 Å². The van der Waals surface area contributed by atoms with Crippen LogP contribution in [0.1, 0.15) is 43.1 Å². The summed E-state index contributed by atoms with van der Waals surface area (Å²) < 4.78 is 29.4. The van der Waals surface area contributed by atoms with E-state index in [-0.39, 0.29) is 29.1 Å². The maximum Gasteiger partial charge on any atom is 0.322 e. The number of benzene rings is 1. The van der Waals surface area contributed by atoms with Crippen LogP contribution in [0, 0.1) is 5.82 Å². The van der Waals surface area contributed by atoms with E-state index >= 15 is 0 Å². The number of anilines is 1. The molecule has 0 aliphatic carbocycles. The second-order valence-corrected chi connectivity index (χ2v) is 7.37. The Morgan fingerprint density at radius 3 is 2.61 bits per heavy atom. The predicted molar refractivity (Wildman–Crippen MR) is 122 cm³/mol. The van der Waals surface area contributed by atoms with E-state index in [1.165, 1.54) is 29.4 Å². The first kappa shape index (κ1) is 26.6. The molecule has 3 amide bonds. The number of ether oxygens (including phenoxy) is 2. The topological polar surface area (TPSA) is 106 Å². The summed E-state index contributed by atoms with van der Waals surface area (Å²) in [6.07, 6.45) is 2.52. The number of carbonyl (C=O) groups excluding carboxylic acids is 2. The molecule has 0 aliphatic heterocycles. The summed E-state index contributed by atoms with van der Waals surface area (Å²) in [5.41, 5.74) is 0.474. The van der Waals surface area contributed by atoms with Crippen LogP contribution < -0.4 is 10.6 Å². The first-order valence-electron chi connectivity index (χ1n) is 10.8. The third-order valence-corrected chi connectivity index (χ3v) is 4.73. The molecule has 1 heterocycles. The Morgan fingerprint density at radius 1 is 1.18 bits per heavy atom. The number of aromatic nitrogens is 1. The van der Waals surface area contributed by atoms with Gasteiger partial charge in [-0.15, -0.1) is 0 Å². The van der Waals surface area contributed by atoms with Crippen LogP contribution in [0.15, 0.2) is 28.9 Å². The van der Waals surface area contributed by atoms with Crippen LogP contribution in [0.2, 0.25) is 5.02 Å². The highest BCUT2D eigenvalue weighted by Crippen LogP contribution is 2.20. The van der Waals surface area contributed by atoms with Crippen LogP contribution in [0.5, 0.6) is 0 Å². The molecular weight excluding hydrogens is 455 g/mol. The van der Waals surface area contributed by atoms with Crippen molar-refractivity contribution in [2.75, 3.05) is 44.8 Å². The number of urea groups is 1. The summed E-state index contributed by atoms with van der Waals surface area (Å²) in [4.78, 5) is 30.7. The number of halogens is 2. The van der Waals surface area contributed by atoms with Gasteiger partial charge in [0, 0.05) is 45.2 Å². The fraction of sp³-hybridized carbons (Fsp3) is 0.500. The number of nitrogens with zero attached hydrogens (tertiary/aromatic N) is 2. The number of nitrogens with one attached hydrogen (secondary N) is 2. The maximum atomic E-state index is 13.4. The lowest BCUT2D eigenvalue weighted by Crippen LogP contribution is -2.36. The molecule has 1 aromatic carbocycles. The summed E-state index contributed by atoms with van der Waals surface area (Å²) in [6, 6.07) is 3.46. The highest BCUT2D eigenvalue weighted by Gasteiger charge is 2.19. The zero-order chi connectivity index (χ0) is 24.1. The normalized spacial score (nSPS) is 10.8. The minimum atomic E-state index is -0.577. The molecule has 2 N–H and O–H groups in total. The number of rotatable bonds is 14. The molecule has 0 fully saturated rings.